The van der Waals surface area contributed by atoms with Crippen LogP contribution in [0.2, 0.25) is 0 Å². The molecule has 3 aromatic rings. The Morgan fingerprint density at radius 3 is 2.56 bits per heavy atom. The summed E-state index contributed by atoms with van der Waals surface area (Å²) in [6.07, 6.45) is 11.7. The molecule has 1 amide bonds. The van der Waals surface area contributed by atoms with E-state index in [4.69, 9.17) is 14.7 Å². The molecule has 1 aliphatic carbocycles. The second-order valence-electron chi connectivity index (χ2n) is 12.7. The highest BCUT2D eigenvalue weighted by Gasteiger charge is 2.43. The highest BCUT2D eigenvalue weighted by atomic mass is 16.5. The molecule has 10 heteroatoms. The van der Waals surface area contributed by atoms with Crippen LogP contribution in [0.3, 0.4) is 0 Å². The fourth-order valence-electron chi connectivity index (χ4n) is 7.22. The Hall–Kier alpha value is -4.15. The second kappa shape index (κ2) is 12.3. The number of carbonyl (C=O) groups excluding carboxylic acids is 2. The van der Waals surface area contributed by atoms with Crippen molar-refractivity contribution < 1.29 is 19.4 Å². The molecule has 2 N–H and O–H groups in total. The molecule has 234 valence electrons. The lowest BCUT2D eigenvalue weighted by molar-refractivity contribution is -0.186. The molecule has 7 rings (SSSR count). The number of allylic oxidation sites excluding steroid dienone is 1. The normalized spacial score (nSPS) is 24.0. The average molecular weight is 609 g/mol. The lowest BCUT2D eigenvalue weighted by atomic mass is 9.81. The minimum absolute atomic E-state index is 0.0355. The van der Waals surface area contributed by atoms with E-state index in [0.29, 0.717) is 59.6 Å². The molecule has 1 unspecified atom stereocenters. The maximum Gasteiger partial charge on any atom is 0.229 e. The third-order valence-electron chi connectivity index (χ3n) is 9.79. The minimum atomic E-state index is -1.13. The van der Waals surface area contributed by atoms with Crippen LogP contribution in [0.1, 0.15) is 85.3 Å². The number of benzene rings is 1. The predicted molar refractivity (Wildman–Crippen MR) is 171 cm³/mol. The van der Waals surface area contributed by atoms with Crippen LogP contribution in [0, 0.1) is 0 Å². The van der Waals surface area contributed by atoms with E-state index in [0.717, 1.165) is 57.2 Å². The highest BCUT2D eigenvalue weighted by molar-refractivity contribution is 6.11. The third-order valence-corrected chi connectivity index (χ3v) is 9.79. The second-order valence-corrected chi connectivity index (χ2v) is 12.7. The smallest absolute Gasteiger partial charge is 0.229 e. The number of rotatable bonds is 10. The molecule has 1 aromatic carbocycles. The molecular weight excluding hydrogens is 568 g/mol. The molecule has 1 saturated carbocycles. The van der Waals surface area contributed by atoms with Gasteiger partial charge in [-0.1, -0.05) is 24.3 Å². The van der Waals surface area contributed by atoms with E-state index in [1.54, 1.807) is 12.3 Å². The zero-order chi connectivity index (χ0) is 31.0. The SMILES string of the molecule is C=CCCCC1C(=O)c2cnc(Nc3ccc(C4CCC(N5CCCC5=O)CC4)cc3)nc2N1c1cccc(C2(O)COC2)n1. The predicted octanol–water partition coefficient (Wildman–Crippen LogP) is 5.54. The fraction of sp³-hybridized carbons (Fsp3) is 0.457. The first kappa shape index (κ1) is 29.6. The Balaban J connectivity index is 1.08. The lowest BCUT2D eigenvalue weighted by Gasteiger charge is -2.36. The van der Waals surface area contributed by atoms with Crippen molar-refractivity contribution in [3.05, 3.63) is 78.1 Å². The maximum atomic E-state index is 13.6. The number of amides is 1. The van der Waals surface area contributed by atoms with Gasteiger partial charge in [0, 0.05) is 30.9 Å². The Morgan fingerprint density at radius 1 is 1.07 bits per heavy atom. The van der Waals surface area contributed by atoms with Crippen molar-refractivity contribution in [2.24, 2.45) is 0 Å². The molecule has 10 nitrogen and oxygen atoms in total. The monoisotopic (exact) mass is 608 g/mol. The van der Waals surface area contributed by atoms with Crippen LogP contribution in [-0.4, -0.2) is 68.5 Å². The van der Waals surface area contributed by atoms with Crippen molar-refractivity contribution in [1.82, 2.24) is 19.9 Å². The van der Waals surface area contributed by atoms with E-state index in [9.17, 15) is 14.7 Å². The first-order valence-electron chi connectivity index (χ1n) is 16.2. The van der Waals surface area contributed by atoms with Gasteiger partial charge >= 0.3 is 0 Å². The zero-order valence-corrected chi connectivity index (χ0v) is 25.5. The van der Waals surface area contributed by atoms with Crippen molar-refractivity contribution in [1.29, 1.82) is 0 Å². The number of anilines is 4. The van der Waals surface area contributed by atoms with Crippen LogP contribution in [-0.2, 0) is 15.1 Å². The molecule has 0 spiro atoms. The van der Waals surface area contributed by atoms with Crippen molar-refractivity contribution >= 4 is 35.0 Å². The van der Waals surface area contributed by atoms with Gasteiger partial charge in [0.1, 0.15) is 11.9 Å². The van der Waals surface area contributed by atoms with E-state index >= 15 is 0 Å². The molecule has 3 fully saturated rings. The van der Waals surface area contributed by atoms with E-state index < -0.39 is 11.6 Å². The summed E-state index contributed by atoms with van der Waals surface area (Å²) in [4.78, 5) is 43.9. The highest BCUT2D eigenvalue weighted by Crippen LogP contribution is 2.40. The Bertz CT molecular complexity index is 1580. The van der Waals surface area contributed by atoms with Gasteiger partial charge < -0.3 is 20.1 Å². The van der Waals surface area contributed by atoms with Crippen LogP contribution in [0.25, 0.3) is 0 Å². The number of carbonyl (C=O) groups is 2. The van der Waals surface area contributed by atoms with Crippen molar-refractivity contribution in [3.63, 3.8) is 0 Å². The topological polar surface area (TPSA) is 121 Å². The van der Waals surface area contributed by atoms with Crippen molar-refractivity contribution in [2.45, 2.75) is 81.4 Å². The average Bonchev–Trinajstić information content (AvgIpc) is 3.60. The zero-order valence-electron chi connectivity index (χ0n) is 25.5. The van der Waals surface area contributed by atoms with E-state index in [1.165, 1.54) is 5.56 Å². The number of nitrogens with zero attached hydrogens (tertiary/aromatic N) is 5. The Labute approximate surface area is 263 Å². The van der Waals surface area contributed by atoms with Crippen LogP contribution < -0.4 is 10.2 Å². The quantitative estimate of drug-likeness (QED) is 0.226. The summed E-state index contributed by atoms with van der Waals surface area (Å²) >= 11 is 0. The number of aromatic nitrogens is 3. The summed E-state index contributed by atoms with van der Waals surface area (Å²) in [7, 11) is 0. The van der Waals surface area contributed by atoms with Gasteiger partial charge in [-0.05, 0) is 87.1 Å². The van der Waals surface area contributed by atoms with E-state index in [-0.39, 0.29) is 19.0 Å². The van der Waals surface area contributed by atoms with Crippen molar-refractivity contribution in [3.8, 4) is 0 Å². The van der Waals surface area contributed by atoms with Gasteiger partial charge in [-0.3, -0.25) is 14.5 Å². The summed E-state index contributed by atoms with van der Waals surface area (Å²) in [6.45, 7) is 5.13. The molecule has 0 radical (unpaired) electrons. The maximum absolute atomic E-state index is 13.6. The first-order chi connectivity index (χ1) is 21.9. The number of Topliss-reactive ketones (excluding diaryl/α,β-unsaturated/α-hetero) is 1. The molecule has 1 atom stereocenters. The van der Waals surface area contributed by atoms with Crippen LogP contribution in [0.5, 0.6) is 0 Å². The summed E-state index contributed by atoms with van der Waals surface area (Å²) in [5.41, 5.74) is 2.02. The first-order valence-corrected chi connectivity index (χ1v) is 16.2. The fourth-order valence-corrected chi connectivity index (χ4v) is 7.22. The summed E-state index contributed by atoms with van der Waals surface area (Å²) in [5, 5.41) is 14.2. The summed E-state index contributed by atoms with van der Waals surface area (Å²) in [5.74, 6) is 2.24. The molecular formula is C35H40N6O4. The Morgan fingerprint density at radius 2 is 1.87 bits per heavy atom. The number of hydrogen-bond donors (Lipinski definition) is 2. The largest absolute Gasteiger partial charge is 0.379 e. The van der Waals surface area contributed by atoms with Gasteiger partial charge in [0.05, 0.1) is 24.5 Å². The number of pyridine rings is 1. The minimum Gasteiger partial charge on any atom is -0.379 e. The van der Waals surface area contributed by atoms with Crippen LogP contribution in [0.4, 0.5) is 23.3 Å². The number of nitrogens with one attached hydrogen (secondary N) is 1. The Kier molecular flexibility index (Phi) is 8.10. The third kappa shape index (κ3) is 5.73. The van der Waals surface area contributed by atoms with E-state index in [1.807, 2.05) is 23.1 Å². The van der Waals surface area contributed by atoms with Crippen LogP contribution >= 0.6 is 0 Å². The molecule has 4 aliphatic rings. The van der Waals surface area contributed by atoms with Gasteiger partial charge in [-0.2, -0.15) is 4.98 Å². The molecule has 2 aromatic heterocycles. The molecule has 3 aliphatic heterocycles. The number of unbranched alkanes of at least 4 members (excludes halogenated alkanes) is 1. The number of fused-ring (bicyclic) bond motifs is 1. The van der Waals surface area contributed by atoms with Gasteiger partial charge in [0.2, 0.25) is 11.9 Å². The number of aliphatic hydroxyl groups is 1. The lowest BCUT2D eigenvalue weighted by Crippen LogP contribution is -2.47. The number of hydrogen-bond acceptors (Lipinski definition) is 9. The van der Waals surface area contributed by atoms with Crippen molar-refractivity contribution in [2.75, 3.05) is 30.0 Å². The van der Waals surface area contributed by atoms with Gasteiger partial charge in [0.15, 0.2) is 17.2 Å². The van der Waals surface area contributed by atoms with Gasteiger partial charge in [-0.15, -0.1) is 6.58 Å². The number of likely N-dealkylation sites (tertiary alicyclic amines) is 1. The number of ketones is 1. The van der Waals surface area contributed by atoms with Gasteiger partial charge in [-0.25, -0.2) is 9.97 Å². The van der Waals surface area contributed by atoms with Gasteiger partial charge in [0.25, 0.3) is 0 Å². The summed E-state index contributed by atoms with van der Waals surface area (Å²) < 4.78 is 5.25. The standard InChI is InChI=1S/C35H40N6O4/c1-2-3-4-7-28-32(43)27-20-36-34(39-33(27)41(28)30-9-5-8-29(38-30)35(44)21-45-22-35)37-25-15-11-23(12-16-25)24-13-17-26(18-14-24)40-19-6-10-31(40)42/h2,5,8-9,11-12,15-16,20,24,26,28,44H,1,3-4,6-7,10,13-14,17-19,21-22H2,(H,36,37,39). The molecule has 5 heterocycles. The summed E-state index contributed by atoms with van der Waals surface area (Å²) in [6, 6.07) is 13.8. The molecule has 0 bridgehead atoms. The van der Waals surface area contributed by atoms with Crippen LogP contribution in [0.15, 0.2) is 61.3 Å². The molecule has 2 saturated heterocycles. The van der Waals surface area contributed by atoms with E-state index in [2.05, 4.69) is 46.0 Å². The molecule has 45 heavy (non-hydrogen) atoms. The number of ether oxygens (including phenoxy) is 1.